The van der Waals surface area contributed by atoms with Crippen LogP contribution in [-0.4, -0.2) is 18.0 Å². The Morgan fingerprint density at radius 1 is 1.40 bits per heavy atom. The van der Waals surface area contributed by atoms with Gasteiger partial charge in [-0.2, -0.15) is 0 Å². The molecule has 2 N–H and O–H groups in total. The van der Waals surface area contributed by atoms with Gasteiger partial charge in [-0.25, -0.2) is 0 Å². The van der Waals surface area contributed by atoms with Gasteiger partial charge in [-0.15, -0.1) is 0 Å². The van der Waals surface area contributed by atoms with Gasteiger partial charge >= 0.3 is 17.1 Å². The zero-order valence-electron chi connectivity index (χ0n) is 4.87. The molecule has 0 spiro atoms. The average molecular weight is 186 g/mol. The van der Waals surface area contributed by atoms with Crippen LogP contribution in [-0.2, 0) is 26.7 Å². The van der Waals surface area contributed by atoms with Gasteiger partial charge in [-0.05, 0) is 0 Å². The normalized spacial score (nSPS) is 11.3. The van der Waals surface area contributed by atoms with Crippen LogP contribution in [0.25, 0.3) is 0 Å². The first-order valence-corrected chi connectivity index (χ1v) is 2.20. The minimum atomic E-state index is -1.58. The van der Waals surface area contributed by atoms with E-state index in [9.17, 15) is 19.8 Å². The van der Waals surface area contributed by atoms with Crippen molar-refractivity contribution in [3.63, 3.8) is 0 Å². The summed E-state index contributed by atoms with van der Waals surface area (Å²) in [5.74, 6) is -3.08. The number of nitrogens with two attached hydrogens (primary N) is 1. The molecule has 0 aromatic carbocycles. The van der Waals surface area contributed by atoms with Gasteiger partial charge in [0.05, 0.1) is 5.97 Å². The maximum Gasteiger partial charge on any atom is 2.00 e. The largest absolute Gasteiger partial charge is 2.00 e. The number of carbonyl (C=O) groups excluding carboxylic acids is 2. The molecule has 0 unspecified atom stereocenters. The number of hydrogen-bond acceptors (Lipinski definition) is 5. The summed E-state index contributed by atoms with van der Waals surface area (Å²) in [5, 5.41) is 19.3. The Hall–Kier alpha value is -0.581. The van der Waals surface area contributed by atoms with Crippen molar-refractivity contribution in [2.24, 2.45) is 5.73 Å². The molecule has 6 heteroatoms. The average Bonchev–Trinajstić information content (AvgIpc) is 1.63. The van der Waals surface area contributed by atoms with E-state index < -0.39 is 24.4 Å². The summed E-state index contributed by atoms with van der Waals surface area (Å²) >= 11 is 0. The third kappa shape index (κ3) is 5.55. The molecular weight excluding hydrogens is 181 g/mol. The second-order valence-corrected chi connectivity index (χ2v) is 1.50. The number of carbonyl (C=O) groups is 2. The quantitative estimate of drug-likeness (QED) is 0.455. The van der Waals surface area contributed by atoms with Crippen LogP contribution < -0.4 is 15.9 Å². The summed E-state index contributed by atoms with van der Waals surface area (Å²) in [7, 11) is 0. The van der Waals surface area contributed by atoms with Gasteiger partial charge in [0.2, 0.25) is 0 Å². The van der Waals surface area contributed by atoms with Crippen molar-refractivity contribution < 1.29 is 36.9 Å². The van der Waals surface area contributed by atoms with E-state index in [0.29, 0.717) is 0 Å². The predicted octanol–water partition coefficient (Wildman–Crippen LogP) is -3.80. The molecule has 1 atom stereocenters. The summed E-state index contributed by atoms with van der Waals surface area (Å²) in [4.78, 5) is 19.3. The maximum atomic E-state index is 9.71. The Kier molecular flexibility index (Phi) is 6.34. The molecule has 0 fully saturated rings. The molecule has 0 saturated carbocycles. The van der Waals surface area contributed by atoms with Crippen LogP contribution in [0.1, 0.15) is 6.42 Å². The van der Waals surface area contributed by atoms with E-state index in [-0.39, 0.29) is 17.1 Å². The molecule has 0 rings (SSSR count). The van der Waals surface area contributed by atoms with Gasteiger partial charge in [-0.3, -0.25) is 0 Å². The van der Waals surface area contributed by atoms with Gasteiger partial charge in [0.15, 0.2) is 0 Å². The molecule has 1 radical (unpaired) electrons. The van der Waals surface area contributed by atoms with Crippen molar-refractivity contribution in [1.82, 2.24) is 0 Å². The van der Waals surface area contributed by atoms with Crippen molar-refractivity contribution in [1.29, 1.82) is 0 Å². The Bertz CT molecular complexity index is 137. The first-order valence-electron chi connectivity index (χ1n) is 2.20. The monoisotopic (exact) mass is 186 g/mol. The third-order valence-electron chi connectivity index (χ3n) is 0.689. The Balaban J connectivity index is 0. The Labute approximate surface area is 67.7 Å². The fourth-order valence-corrected chi connectivity index (χ4v) is 0.263. The number of carboxylic acids is 2. The molecule has 0 aliphatic heterocycles. The van der Waals surface area contributed by atoms with Crippen LogP contribution in [0.4, 0.5) is 0 Å². The first kappa shape index (κ1) is 12.1. The fraction of sp³-hybridized carbons (Fsp3) is 0.500. The fourth-order valence-electron chi connectivity index (χ4n) is 0.263. The molecule has 0 aliphatic carbocycles. The van der Waals surface area contributed by atoms with Gasteiger partial charge in [0.1, 0.15) is 0 Å². The van der Waals surface area contributed by atoms with Crippen molar-refractivity contribution in [3.8, 4) is 0 Å². The number of aliphatic carboxylic acids is 2. The van der Waals surface area contributed by atoms with E-state index in [4.69, 9.17) is 5.73 Å². The van der Waals surface area contributed by atoms with E-state index in [1.807, 2.05) is 0 Å². The van der Waals surface area contributed by atoms with Gasteiger partial charge in [-0.1, -0.05) is 0 Å². The molecule has 0 heterocycles. The number of hydrogen-bond donors (Lipinski definition) is 1. The predicted molar refractivity (Wildman–Crippen MR) is 22.6 cm³/mol. The summed E-state index contributed by atoms with van der Waals surface area (Å²) in [6.45, 7) is 0. The van der Waals surface area contributed by atoms with Crippen LogP contribution in [0.2, 0.25) is 0 Å². The molecule has 0 bridgehead atoms. The van der Waals surface area contributed by atoms with E-state index >= 15 is 0 Å². The minimum absolute atomic E-state index is 0. The Morgan fingerprint density at radius 2 is 1.80 bits per heavy atom. The molecule has 5 nitrogen and oxygen atoms in total. The van der Waals surface area contributed by atoms with Gasteiger partial charge in [0, 0.05) is 18.4 Å². The summed E-state index contributed by atoms with van der Waals surface area (Å²) in [6, 6.07) is -1.46. The molecule has 57 valence electrons. The van der Waals surface area contributed by atoms with Crippen LogP contribution in [0, 0.1) is 0 Å². The molecular formula is C4H5MnNO4. The molecule has 0 aromatic heterocycles. The van der Waals surface area contributed by atoms with Crippen molar-refractivity contribution in [3.05, 3.63) is 0 Å². The van der Waals surface area contributed by atoms with E-state index in [1.165, 1.54) is 0 Å². The zero-order valence-corrected chi connectivity index (χ0v) is 6.05. The minimum Gasteiger partial charge on any atom is -0.550 e. The van der Waals surface area contributed by atoms with Crippen molar-refractivity contribution >= 4 is 11.9 Å². The summed E-state index contributed by atoms with van der Waals surface area (Å²) in [5.41, 5.74) is 4.73. The summed E-state index contributed by atoms with van der Waals surface area (Å²) < 4.78 is 0. The van der Waals surface area contributed by atoms with E-state index in [2.05, 4.69) is 0 Å². The maximum absolute atomic E-state index is 9.71. The Morgan fingerprint density at radius 3 is 1.90 bits per heavy atom. The summed E-state index contributed by atoms with van der Waals surface area (Å²) in [6.07, 6.45) is -0.706. The molecule has 0 saturated heterocycles. The van der Waals surface area contributed by atoms with Crippen LogP contribution >= 0.6 is 0 Å². The second kappa shape index (κ2) is 5.22. The second-order valence-electron chi connectivity index (χ2n) is 1.50. The molecule has 10 heavy (non-hydrogen) atoms. The molecule has 0 aromatic rings. The third-order valence-corrected chi connectivity index (χ3v) is 0.689. The standard InChI is InChI=1S/C4H7NO4.Mn/c5-2(4(8)9)1-3(6)7;/h2H,1,5H2,(H,6,7)(H,8,9);/q;+2/p-2/t2-;/m0./s1. The zero-order chi connectivity index (χ0) is 7.44. The van der Waals surface area contributed by atoms with E-state index in [1.54, 1.807) is 0 Å². The van der Waals surface area contributed by atoms with Crippen LogP contribution in [0.15, 0.2) is 0 Å². The SMILES string of the molecule is N[C@@H](CC(=O)[O-])C(=O)[O-].[Mn+2]. The number of carboxylic acid groups (broad SMARTS) is 2. The van der Waals surface area contributed by atoms with Crippen LogP contribution in [0.5, 0.6) is 0 Å². The molecule has 0 aliphatic rings. The van der Waals surface area contributed by atoms with E-state index in [0.717, 1.165) is 0 Å². The van der Waals surface area contributed by atoms with Crippen molar-refractivity contribution in [2.45, 2.75) is 12.5 Å². The molecule has 0 amide bonds. The van der Waals surface area contributed by atoms with Gasteiger partial charge < -0.3 is 25.5 Å². The van der Waals surface area contributed by atoms with Crippen molar-refractivity contribution in [2.75, 3.05) is 0 Å². The number of rotatable bonds is 3. The first-order chi connectivity index (χ1) is 4.04. The van der Waals surface area contributed by atoms with Gasteiger partial charge in [0.25, 0.3) is 0 Å². The topological polar surface area (TPSA) is 106 Å². The smallest absolute Gasteiger partial charge is 0.550 e. The van der Waals surface area contributed by atoms with Crippen LogP contribution in [0.3, 0.4) is 0 Å².